The quantitative estimate of drug-likeness (QED) is 0.800. The van der Waals surface area contributed by atoms with Crippen molar-refractivity contribution in [1.82, 2.24) is 14.9 Å². The van der Waals surface area contributed by atoms with Gasteiger partial charge in [-0.15, -0.1) is 0 Å². The second kappa shape index (κ2) is 8.51. The van der Waals surface area contributed by atoms with Crippen LogP contribution >= 0.6 is 0 Å². The van der Waals surface area contributed by atoms with Crippen molar-refractivity contribution < 1.29 is 4.79 Å². The molecule has 2 aromatic rings. The number of carbonyl (C=O) groups excluding carboxylic acids is 1. The van der Waals surface area contributed by atoms with Crippen molar-refractivity contribution in [2.24, 2.45) is 5.92 Å². The number of aryl methyl sites for hydroxylation is 1. The summed E-state index contributed by atoms with van der Waals surface area (Å²) in [7, 11) is 0. The first-order valence-electron chi connectivity index (χ1n) is 9.89. The van der Waals surface area contributed by atoms with E-state index in [0.29, 0.717) is 24.1 Å². The maximum absolute atomic E-state index is 13.3. The Hall–Kier alpha value is -2.43. The lowest BCUT2D eigenvalue weighted by molar-refractivity contribution is 0.0684. The molecule has 3 rings (SSSR count). The number of piperidine rings is 1. The molecule has 0 bridgehead atoms. The highest BCUT2D eigenvalue weighted by atomic mass is 16.2. The van der Waals surface area contributed by atoms with Crippen LogP contribution in [0.4, 0.5) is 5.95 Å². The molecule has 0 saturated carbocycles. The number of amides is 1. The summed E-state index contributed by atoms with van der Waals surface area (Å²) in [5, 5.41) is 0. The first kappa shape index (κ1) is 19.3. The number of rotatable bonds is 5. The molecule has 1 amide bonds. The predicted molar refractivity (Wildman–Crippen MR) is 109 cm³/mol. The van der Waals surface area contributed by atoms with E-state index >= 15 is 0 Å². The van der Waals surface area contributed by atoms with Gasteiger partial charge in [0.15, 0.2) is 0 Å². The Labute approximate surface area is 162 Å². The monoisotopic (exact) mass is 366 g/mol. The van der Waals surface area contributed by atoms with Crippen molar-refractivity contribution in [2.75, 3.05) is 18.0 Å². The van der Waals surface area contributed by atoms with Crippen LogP contribution in [0, 0.1) is 12.8 Å². The highest BCUT2D eigenvalue weighted by Crippen LogP contribution is 2.21. The second-order valence-electron chi connectivity index (χ2n) is 7.90. The Morgan fingerprint density at radius 1 is 1.26 bits per heavy atom. The highest BCUT2D eigenvalue weighted by molar-refractivity contribution is 5.92. The molecule has 2 heterocycles. The summed E-state index contributed by atoms with van der Waals surface area (Å²) < 4.78 is 0. The van der Waals surface area contributed by atoms with Gasteiger partial charge in [-0.05, 0) is 51.2 Å². The number of benzene rings is 1. The van der Waals surface area contributed by atoms with Crippen LogP contribution < -0.4 is 4.90 Å². The standard InChI is InChI=1S/C22H30N4O/c1-16(2)26(15-19-10-6-5-7-11-19)21(27)20-13-18(4)23-22(24-20)25-12-8-9-17(3)14-25/h5-7,10-11,13,16-17H,8-9,12,14-15H2,1-4H3. The van der Waals surface area contributed by atoms with E-state index in [1.807, 2.05) is 43.9 Å². The summed E-state index contributed by atoms with van der Waals surface area (Å²) in [6, 6.07) is 12.0. The van der Waals surface area contributed by atoms with Gasteiger partial charge in [-0.2, -0.15) is 0 Å². The van der Waals surface area contributed by atoms with Crippen LogP contribution in [-0.2, 0) is 6.54 Å². The Morgan fingerprint density at radius 2 is 2.00 bits per heavy atom. The summed E-state index contributed by atoms with van der Waals surface area (Å²) in [5.41, 5.74) is 2.45. The van der Waals surface area contributed by atoms with Crippen molar-refractivity contribution >= 4 is 11.9 Å². The number of nitrogens with zero attached hydrogens (tertiary/aromatic N) is 4. The molecule has 1 aromatic carbocycles. The molecule has 1 aliphatic rings. The summed E-state index contributed by atoms with van der Waals surface area (Å²) in [6.07, 6.45) is 2.39. The third kappa shape index (κ3) is 4.85. The molecule has 0 radical (unpaired) electrons. The molecule has 0 spiro atoms. The van der Waals surface area contributed by atoms with E-state index in [9.17, 15) is 4.79 Å². The molecule has 1 saturated heterocycles. The second-order valence-corrected chi connectivity index (χ2v) is 7.90. The van der Waals surface area contributed by atoms with E-state index in [1.165, 1.54) is 6.42 Å². The normalized spacial score (nSPS) is 17.2. The van der Waals surface area contributed by atoms with Crippen LogP contribution in [0.25, 0.3) is 0 Å². The zero-order valence-electron chi connectivity index (χ0n) is 16.9. The van der Waals surface area contributed by atoms with E-state index in [2.05, 4.69) is 33.9 Å². The fraction of sp³-hybridized carbons (Fsp3) is 0.500. The van der Waals surface area contributed by atoms with Gasteiger partial charge in [-0.25, -0.2) is 9.97 Å². The molecule has 144 valence electrons. The van der Waals surface area contributed by atoms with Crippen LogP contribution in [-0.4, -0.2) is 39.9 Å². The Kier molecular flexibility index (Phi) is 6.09. The van der Waals surface area contributed by atoms with Crippen LogP contribution in [0.1, 0.15) is 55.4 Å². The third-order valence-corrected chi connectivity index (χ3v) is 5.08. The average molecular weight is 367 g/mol. The van der Waals surface area contributed by atoms with E-state index in [4.69, 9.17) is 0 Å². The molecular formula is C22H30N4O. The van der Waals surface area contributed by atoms with Gasteiger partial charge >= 0.3 is 0 Å². The minimum absolute atomic E-state index is 0.0364. The minimum Gasteiger partial charge on any atom is -0.341 e. The van der Waals surface area contributed by atoms with Gasteiger partial charge in [-0.3, -0.25) is 4.79 Å². The number of hydrogen-bond donors (Lipinski definition) is 0. The van der Waals surface area contributed by atoms with Crippen LogP contribution in [0.5, 0.6) is 0 Å². The number of anilines is 1. The lowest BCUT2D eigenvalue weighted by atomic mass is 10.0. The summed E-state index contributed by atoms with van der Waals surface area (Å²) in [6.45, 7) is 10.8. The molecule has 1 aromatic heterocycles. The van der Waals surface area contributed by atoms with Crippen LogP contribution in [0.2, 0.25) is 0 Å². The average Bonchev–Trinajstić information content (AvgIpc) is 2.65. The number of hydrogen-bond acceptors (Lipinski definition) is 4. The maximum Gasteiger partial charge on any atom is 0.273 e. The molecule has 27 heavy (non-hydrogen) atoms. The Bertz CT molecular complexity index is 775. The van der Waals surface area contributed by atoms with E-state index in [1.54, 1.807) is 6.07 Å². The molecule has 0 N–H and O–H groups in total. The first-order valence-corrected chi connectivity index (χ1v) is 9.89. The summed E-state index contributed by atoms with van der Waals surface area (Å²) in [4.78, 5) is 26.6. The van der Waals surface area contributed by atoms with Crippen molar-refractivity contribution in [1.29, 1.82) is 0 Å². The summed E-state index contributed by atoms with van der Waals surface area (Å²) >= 11 is 0. The maximum atomic E-state index is 13.3. The van der Waals surface area contributed by atoms with Crippen molar-refractivity contribution in [3.63, 3.8) is 0 Å². The molecule has 1 unspecified atom stereocenters. The molecule has 1 aliphatic heterocycles. The van der Waals surface area contributed by atoms with Gasteiger partial charge in [0, 0.05) is 31.4 Å². The third-order valence-electron chi connectivity index (χ3n) is 5.08. The fourth-order valence-electron chi connectivity index (χ4n) is 3.59. The van der Waals surface area contributed by atoms with Gasteiger partial charge in [0.1, 0.15) is 5.69 Å². The van der Waals surface area contributed by atoms with E-state index < -0.39 is 0 Å². The minimum atomic E-state index is -0.0364. The fourth-order valence-corrected chi connectivity index (χ4v) is 3.59. The number of aromatic nitrogens is 2. The van der Waals surface area contributed by atoms with Gasteiger partial charge in [0.25, 0.3) is 5.91 Å². The number of carbonyl (C=O) groups is 1. The highest BCUT2D eigenvalue weighted by Gasteiger charge is 2.24. The van der Waals surface area contributed by atoms with Crippen molar-refractivity contribution in [2.45, 2.75) is 53.1 Å². The SMILES string of the molecule is Cc1cc(C(=O)N(Cc2ccccc2)C(C)C)nc(N2CCCC(C)C2)n1. The van der Waals surface area contributed by atoms with Gasteiger partial charge in [0.2, 0.25) is 5.95 Å². The lowest BCUT2D eigenvalue weighted by Crippen LogP contribution is -2.38. The molecular weight excluding hydrogens is 336 g/mol. The molecule has 1 atom stereocenters. The smallest absolute Gasteiger partial charge is 0.273 e. The van der Waals surface area contributed by atoms with E-state index in [-0.39, 0.29) is 11.9 Å². The zero-order chi connectivity index (χ0) is 19.4. The topological polar surface area (TPSA) is 49.3 Å². The molecule has 5 nitrogen and oxygen atoms in total. The van der Waals surface area contributed by atoms with Crippen LogP contribution in [0.15, 0.2) is 36.4 Å². The first-order chi connectivity index (χ1) is 12.9. The Morgan fingerprint density at radius 3 is 2.67 bits per heavy atom. The zero-order valence-corrected chi connectivity index (χ0v) is 16.9. The largest absolute Gasteiger partial charge is 0.341 e. The molecule has 1 fully saturated rings. The van der Waals surface area contributed by atoms with Gasteiger partial charge in [-0.1, -0.05) is 37.3 Å². The molecule has 5 heteroatoms. The predicted octanol–water partition coefficient (Wildman–Crippen LogP) is 4.07. The van der Waals surface area contributed by atoms with Crippen molar-refractivity contribution in [3.8, 4) is 0 Å². The van der Waals surface area contributed by atoms with Gasteiger partial charge < -0.3 is 9.80 Å². The van der Waals surface area contributed by atoms with Crippen LogP contribution in [0.3, 0.4) is 0 Å². The summed E-state index contributed by atoms with van der Waals surface area (Å²) in [5.74, 6) is 1.28. The Balaban J connectivity index is 1.85. The lowest BCUT2D eigenvalue weighted by Gasteiger charge is -2.31. The van der Waals surface area contributed by atoms with E-state index in [0.717, 1.165) is 30.8 Å². The molecule has 0 aliphatic carbocycles. The van der Waals surface area contributed by atoms with Crippen molar-refractivity contribution in [3.05, 3.63) is 53.3 Å². The van der Waals surface area contributed by atoms with Gasteiger partial charge in [0.05, 0.1) is 0 Å².